The van der Waals surface area contributed by atoms with Crippen LogP contribution in [0.15, 0.2) is 33.7 Å². The van der Waals surface area contributed by atoms with Gasteiger partial charge < -0.3 is 14.3 Å². The van der Waals surface area contributed by atoms with E-state index in [1.807, 2.05) is 0 Å². The zero-order valence-electron chi connectivity index (χ0n) is 20.6. The van der Waals surface area contributed by atoms with Crippen molar-refractivity contribution in [2.24, 2.45) is 5.92 Å². The van der Waals surface area contributed by atoms with Gasteiger partial charge in [0.1, 0.15) is 5.82 Å². The summed E-state index contributed by atoms with van der Waals surface area (Å²) >= 11 is 3.17. The van der Waals surface area contributed by atoms with Crippen molar-refractivity contribution in [3.05, 3.63) is 56.4 Å². The van der Waals surface area contributed by atoms with Crippen LogP contribution in [0.3, 0.4) is 0 Å². The lowest BCUT2D eigenvalue weighted by Gasteiger charge is -2.36. The molecule has 3 rings (SSSR count). The van der Waals surface area contributed by atoms with Crippen molar-refractivity contribution in [2.75, 3.05) is 18.5 Å². The summed E-state index contributed by atoms with van der Waals surface area (Å²) in [5.74, 6) is -2.23. The van der Waals surface area contributed by atoms with Crippen LogP contribution in [0, 0.1) is 17.6 Å². The van der Waals surface area contributed by atoms with Crippen LogP contribution in [0.2, 0.25) is 18.1 Å². The van der Waals surface area contributed by atoms with Gasteiger partial charge in [0.15, 0.2) is 8.32 Å². The molecule has 0 aliphatic heterocycles. The molecular formula is C24H32BrF2N3O4Si. The average molecular weight is 573 g/mol. The van der Waals surface area contributed by atoms with Crippen molar-refractivity contribution in [3.63, 3.8) is 0 Å². The molecule has 2 aromatic rings. The standard InChI is InChI=1S/C24H32BrF2N3O4Si/c1-24(2,3)35(4,5)34-11-10-30-13-17(22(31)29-33-14-15-6-7-15)21(20(27)23(30)32)28-19-9-8-16(25)12-18(19)26/h8-9,12-13,15,28H,6-7,10-11,14H2,1-5H3,(H,29,31). The van der Waals surface area contributed by atoms with E-state index < -0.39 is 37.1 Å². The Morgan fingerprint density at radius 1 is 1.26 bits per heavy atom. The summed E-state index contributed by atoms with van der Waals surface area (Å²) in [5, 5.41) is 2.54. The van der Waals surface area contributed by atoms with E-state index in [-0.39, 0.29) is 29.4 Å². The van der Waals surface area contributed by atoms with E-state index in [1.165, 1.54) is 18.3 Å². The van der Waals surface area contributed by atoms with Gasteiger partial charge in [0, 0.05) is 17.2 Å². The highest BCUT2D eigenvalue weighted by atomic mass is 79.9. The molecule has 1 amide bonds. The summed E-state index contributed by atoms with van der Waals surface area (Å²) in [6, 6.07) is 4.13. The smallest absolute Gasteiger partial charge is 0.288 e. The molecule has 1 aromatic heterocycles. The van der Waals surface area contributed by atoms with E-state index in [2.05, 4.69) is 60.6 Å². The Balaban J connectivity index is 1.90. The maximum absolute atomic E-state index is 15.3. The summed E-state index contributed by atoms with van der Waals surface area (Å²) in [6.07, 6.45) is 3.30. The minimum Gasteiger partial charge on any atom is -0.415 e. The van der Waals surface area contributed by atoms with Gasteiger partial charge in [-0.1, -0.05) is 36.7 Å². The summed E-state index contributed by atoms with van der Waals surface area (Å²) in [6.45, 7) is 11.0. The first kappa shape index (κ1) is 27.5. The number of rotatable bonds is 10. The van der Waals surface area contributed by atoms with E-state index in [9.17, 15) is 14.0 Å². The number of halogens is 3. The minimum absolute atomic E-state index is 0.0321. The van der Waals surface area contributed by atoms with E-state index in [0.717, 1.165) is 17.4 Å². The third-order valence-electron chi connectivity index (χ3n) is 6.44. The molecule has 1 heterocycles. The van der Waals surface area contributed by atoms with Crippen LogP contribution in [-0.4, -0.2) is 32.0 Å². The molecular weight excluding hydrogens is 540 g/mol. The van der Waals surface area contributed by atoms with Crippen LogP contribution < -0.4 is 16.4 Å². The Kier molecular flexibility index (Phi) is 8.56. The Bertz CT molecular complexity index is 1150. The van der Waals surface area contributed by atoms with Crippen LogP contribution in [-0.2, 0) is 15.8 Å². The lowest BCUT2D eigenvalue weighted by Crippen LogP contribution is -2.42. The topological polar surface area (TPSA) is 81.6 Å². The number of nitrogens with zero attached hydrogens (tertiary/aromatic N) is 1. The second-order valence-corrected chi connectivity index (χ2v) is 16.0. The van der Waals surface area contributed by atoms with Crippen molar-refractivity contribution in [3.8, 4) is 0 Å². The zero-order valence-corrected chi connectivity index (χ0v) is 23.2. The van der Waals surface area contributed by atoms with Crippen LogP contribution in [0.4, 0.5) is 20.2 Å². The number of hydrogen-bond donors (Lipinski definition) is 2. The molecule has 11 heteroatoms. The molecule has 1 aliphatic carbocycles. The quantitative estimate of drug-likeness (QED) is 0.281. The summed E-state index contributed by atoms with van der Waals surface area (Å²) in [7, 11) is -2.09. The van der Waals surface area contributed by atoms with Crippen molar-refractivity contribution < 1.29 is 22.8 Å². The number of carbonyl (C=O) groups is 1. The molecule has 1 saturated carbocycles. The molecule has 0 bridgehead atoms. The number of carbonyl (C=O) groups excluding carboxylic acids is 1. The first-order chi connectivity index (χ1) is 16.3. The van der Waals surface area contributed by atoms with Gasteiger partial charge in [-0.15, -0.1) is 0 Å². The van der Waals surface area contributed by atoms with Crippen LogP contribution in [0.1, 0.15) is 44.0 Å². The highest BCUT2D eigenvalue weighted by Crippen LogP contribution is 2.36. The molecule has 1 aliphatic rings. The molecule has 0 unspecified atom stereocenters. The Morgan fingerprint density at radius 2 is 1.94 bits per heavy atom. The summed E-state index contributed by atoms with van der Waals surface area (Å²) in [4.78, 5) is 30.9. The lowest BCUT2D eigenvalue weighted by molar-refractivity contribution is 0.0270. The minimum atomic E-state index is -2.09. The first-order valence-corrected chi connectivity index (χ1v) is 15.2. The summed E-state index contributed by atoms with van der Waals surface area (Å²) in [5.41, 5.74) is 0.665. The number of anilines is 2. The Hall–Kier alpha value is -2.08. The molecule has 0 spiro atoms. The van der Waals surface area contributed by atoms with Crippen molar-refractivity contribution in [1.29, 1.82) is 0 Å². The fourth-order valence-corrected chi connectivity index (χ4v) is 4.36. The highest BCUT2D eigenvalue weighted by Gasteiger charge is 2.37. The third-order valence-corrected chi connectivity index (χ3v) is 11.5. The van der Waals surface area contributed by atoms with Crippen LogP contribution >= 0.6 is 15.9 Å². The molecule has 1 fully saturated rings. The predicted octanol–water partition coefficient (Wildman–Crippen LogP) is 5.73. The van der Waals surface area contributed by atoms with Crippen molar-refractivity contribution in [1.82, 2.24) is 10.0 Å². The summed E-state index contributed by atoms with van der Waals surface area (Å²) < 4.78 is 37.4. The SMILES string of the molecule is CC(C)(C)[Si](C)(C)OCCn1cc(C(=O)NOCC2CC2)c(Nc2ccc(Br)cc2F)c(F)c1=O. The first-order valence-electron chi connectivity index (χ1n) is 11.5. The van der Waals surface area contributed by atoms with Gasteiger partial charge in [0.25, 0.3) is 11.5 Å². The van der Waals surface area contributed by atoms with Gasteiger partial charge in [-0.2, -0.15) is 4.39 Å². The van der Waals surface area contributed by atoms with Crippen molar-refractivity contribution in [2.45, 2.75) is 58.3 Å². The molecule has 0 saturated heterocycles. The highest BCUT2D eigenvalue weighted by molar-refractivity contribution is 9.10. The Morgan fingerprint density at radius 3 is 2.54 bits per heavy atom. The normalized spacial score (nSPS) is 14.2. The lowest BCUT2D eigenvalue weighted by atomic mass is 10.2. The van der Waals surface area contributed by atoms with Gasteiger partial charge in [-0.05, 0) is 55.1 Å². The van der Waals surface area contributed by atoms with E-state index in [4.69, 9.17) is 9.26 Å². The van der Waals surface area contributed by atoms with Gasteiger partial charge in [0.05, 0.1) is 30.2 Å². The molecule has 192 valence electrons. The maximum Gasteiger partial charge on any atom is 0.288 e. The number of pyridine rings is 1. The molecule has 7 nitrogen and oxygen atoms in total. The molecule has 1 aromatic carbocycles. The number of benzene rings is 1. The molecule has 2 N–H and O–H groups in total. The predicted molar refractivity (Wildman–Crippen MR) is 137 cm³/mol. The zero-order chi connectivity index (χ0) is 26.0. The van der Waals surface area contributed by atoms with Crippen molar-refractivity contribution >= 4 is 41.5 Å². The molecule has 0 radical (unpaired) electrons. The Labute approximate surface area is 213 Å². The second kappa shape index (κ2) is 10.9. The second-order valence-electron chi connectivity index (χ2n) is 10.3. The average Bonchev–Trinajstić information content (AvgIpc) is 3.58. The van der Waals surface area contributed by atoms with E-state index in [0.29, 0.717) is 17.0 Å². The van der Waals surface area contributed by atoms with Crippen LogP contribution in [0.5, 0.6) is 0 Å². The largest absolute Gasteiger partial charge is 0.415 e. The van der Waals surface area contributed by atoms with E-state index >= 15 is 4.39 Å². The number of hydrogen-bond acceptors (Lipinski definition) is 5. The maximum atomic E-state index is 15.3. The fraction of sp³-hybridized carbons (Fsp3) is 0.500. The monoisotopic (exact) mass is 571 g/mol. The number of nitrogens with one attached hydrogen (secondary N) is 2. The van der Waals surface area contributed by atoms with E-state index in [1.54, 1.807) is 6.07 Å². The number of amides is 1. The molecule has 35 heavy (non-hydrogen) atoms. The van der Waals surface area contributed by atoms with Gasteiger partial charge in [-0.3, -0.25) is 14.4 Å². The van der Waals surface area contributed by atoms with Crippen LogP contribution in [0.25, 0.3) is 0 Å². The fourth-order valence-electron chi connectivity index (χ4n) is 3.00. The van der Waals surface area contributed by atoms with Gasteiger partial charge >= 0.3 is 0 Å². The third kappa shape index (κ3) is 6.99. The van der Waals surface area contributed by atoms with Gasteiger partial charge in [-0.25, -0.2) is 9.87 Å². The number of hydroxylamine groups is 1. The number of aromatic nitrogens is 1. The molecule has 0 atom stereocenters. The van der Waals surface area contributed by atoms with Gasteiger partial charge in [0.2, 0.25) is 5.82 Å².